The molecular formula is C53H37N3O2. The molecule has 0 saturated heterocycles. The molecule has 4 fully saturated rings. The van der Waals surface area contributed by atoms with Gasteiger partial charge in [-0.05, 0) is 119 Å². The quantitative estimate of drug-likeness (QED) is 0.180. The molecule has 1 spiro atoms. The molecule has 4 saturated carbocycles. The topological polar surface area (TPSA) is 65.0 Å². The van der Waals surface area contributed by atoms with Crippen LogP contribution in [-0.2, 0) is 5.41 Å². The standard InChI is InChI=1S/C53H37N3O2/c1-2-10-35-31(9-1)19-22-42-47(35)40-28-32(20-21-41(40)53(42)33-24-29-23-30(26-33)27-34(53)25-29)50-54-51(38-13-7-17-45-48(38)36-11-3-5-15-43(36)57-45)56-52(55-50)39-14-8-18-46-49(39)37-12-4-6-16-44(37)58-46/h1-22,28-30,33-34H,23-27H2. The van der Waals surface area contributed by atoms with Crippen LogP contribution in [0.1, 0.15) is 43.2 Å². The summed E-state index contributed by atoms with van der Waals surface area (Å²) in [5.41, 5.74) is 12.1. The van der Waals surface area contributed by atoms with E-state index in [1.165, 1.54) is 59.6 Å². The van der Waals surface area contributed by atoms with E-state index in [0.29, 0.717) is 29.3 Å². The van der Waals surface area contributed by atoms with Gasteiger partial charge in [-0.25, -0.2) is 15.0 Å². The van der Waals surface area contributed by atoms with Gasteiger partial charge in [0.25, 0.3) is 0 Å². The average Bonchev–Trinajstić information content (AvgIpc) is 3.93. The molecule has 0 N–H and O–H groups in total. The van der Waals surface area contributed by atoms with Gasteiger partial charge >= 0.3 is 0 Å². The van der Waals surface area contributed by atoms with Gasteiger partial charge in [0.1, 0.15) is 22.3 Å². The summed E-state index contributed by atoms with van der Waals surface area (Å²) >= 11 is 0. The van der Waals surface area contributed by atoms with Gasteiger partial charge in [0, 0.05) is 43.7 Å². The van der Waals surface area contributed by atoms with E-state index in [-0.39, 0.29) is 5.41 Å². The number of fused-ring (bicyclic) bond motifs is 11. The van der Waals surface area contributed by atoms with Crippen molar-refractivity contribution in [2.24, 2.45) is 23.7 Å². The maximum Gasteiger partial charge on any atom is 0.164 e. The van der Waals surface area contributed by atoms with Crippen LogP contribution in [0, 0.1) is 23.7 Å². The molecule has 15 rings (SSSR count). The zero-order chi connectivity index (χ0) is 37.7. The first-order valence-corrected chi connectivity index (χ1v) is 20.9. The molecular weight excluding hydrogens is 711 g/mol. The molecule has 3 aromatic heterocycles. The summed E-state index contributed by atoms with van der Waals surface area (Å²) < 4.78 is 12.7. The average molecular weight is 748 g/mol. The minimum absolute atomic E-state index is 0.0615. The van der Waals surface area contributed by atoms with Crippen molar-refractivity contribution in [1.82, 2.24) is 15.0 Å². The van der Waals surface area contributed by atoms with Crippen molar-refractivity contribution in [1.29, 1.82) is 0 Å². The Morgan fingerprint density at radius 2 is 0.966 bits per heavy atom. The summed E-state index contributed by atoms with van der Waals surface area (Å²) in [6, 6.07) is 49.9. The first-order chi connectivity index (χ1) is 28.7. The normalized spacial score (nSPS) is 22.9. The highest BCUT2D eigenvalue weighted by Gasteiger charge is 2.61. The van der Waals surface area contributed by atoms with Crippen molar-refractivity contribution in [3.63, 3.8) is 0 Å². The van der Waals surface area contributed by atoms with Crippen molar-refractivity contribution in [3.05, 3.63) is 151 Å². The minimum Gasteiger partial charge on any atom is -0.456 e. The van der Waals surface area contributed by atoms with Crippen LogP contribution in [0.15, 0.2) is 148 Å². The molecule has 58 heavy (non-hydrogen) atoms. The molecule has 5 nitrogen and oxygen atoms in total. The monoisotopic (exact) mass is 747 g/mol. The molecule has 276 valence electrons. The molecule has 0 atom stereocenters. The SMILES string of the molecule is c1ccc2c3c(ccc2c1)C1(c2ccc(-c4nc(-c5cccc6oc7ccccc7c56)nc(-c5cccc6oc7ccccc7c56)n4)cc2-3)C2CC3CC(C2)CC1C3. The molecule has 5 heteroatoms. The van der Waals surface area contributed by atoms with E-state index in [1.807, 2.05) is 48.5 Å². The van der Waals surface area contributed by atoms with Gasteiger partial charge in [-0.2, -0.15) is 0 Å². The molecule has 5 aliphatic carbocycles. The third-order valence-corrected chi connectivity index (χ3v) is 14.7. The Balaban J connectivity index is 1.04. The van der Waals surface area contributed by atoms with E-state index in [4.69, 9.17) is 23.8 Å². The van der Waals surface area contributed by atoms with E-state index >= 15 is 0 Å². The number of hydrogen-bond donors (Lipinski definition) is 0. The Morgan fingerprint density at radius 1 is 0.431 bits per heavy atom. The number of para-hydroxylation sites is 2. The zero-order valence-electron chi connectivity index (χ0n) is 31.8. The zero-order valence-corrected chi connectivity index (χ0v) is 31.8. The molecule has 10 aromatic rings. The van der Waals surface area contributed by atoms with Crippen molar-refractivity contribution < 1.29 is 8.83 Å². The Morgan fingerprint density at radius 3 is 1.60 bits per heavy atom. The summed E-state index contributed by atoms with van der Waals surface area (Å²) in [6.45, 7) is 0. The van der Waals surface area contributed by atoms with Crippen LogP contribution in [0.4, 0.5) is 0 Å². The van der Waals surface area contributed by atoms with Gasteiger partial charge in [0.2, 0.25) is 0 Å². The van der Waals surface area contributed by atoms with E-state index in [1.54, 1.807) is 5.56 Å². The van der Waals surface area contributed by atoms with Crippen molar-refractivity contribution >= 4 is 54.6 Å². The predicted molar refractivity (Wildman–Crippen MR) is 231 cm³/mol. The maximum absolute atomic E-state index is 6.37. The van der Waals surface area contributed by atoms with Crippen molar-refractivity contribution in [2.75, 3.05) is 0 Å². The van der Waals surface area contributed by atoms with Crippen molar-refractivity contribution in [3.8, 4) is 45.3 Å². The molecule has 4 bridgehead atoms. The summed E-state index contributed by atoms with van der Waals surface area (Å²) in [5, 5.41) is 6.74. The fourth-order valence-corrected chi connectivity index (χ4v) is 12.8. The Bertz CT molecular complexity index is 3230. The highest BCUT2D eigenvalue weighted by Crippen LogP contribution is 2.70. The van der Waals surface area contributed by atoms with Gasteiger partial charge in [-0.15, -0.1) is 0 Å². The lowest BCUT2D eigenvalue weighted by Crippen LogP contribution is -2.55. The predicted octanol–water partition coefficient (Wildman–Crippen LogP) is 13.5. The lowest BCUT2D eigenvalue weighted by molar-refractivity contribution is -0.0399. The fraction of sp³-hybridized carbons (Fsp3) is 0.189. The van der Waals surface area contributed by atoms with Gasteiger partial charge in [-0.1, -0.05) is 109 Å². The molecule has 0 radical (unpaired) electrons. The molecule has 7 aromatic carbocycles. The number of furan rings is 2. The van der Waals surface area contributed by atoms with Gasteiger partial charge < -0.3 is 8.83 Å². The third-order valence-electron chi connectivity index (χ3n) is 14.7. The Labute approximate surface area is 334 Å². The van der Waals surface area contributed by atoms with E-state index in [9.17, 15) is 0 Å². The van der Waals surface area contributed by atoms with Crippen molar-refractivity contribution in [2.45, 2.75) is 37.5 Å². The Hall–Kier alpha value is -6.59. The van der Waals surface area contributed by atoms with Crippen LogP contribution >= 0.6 is 0 Å². The molecule has 3 heterocycles. The van der Waals surface area contributed by atoms with Crippen LogP contribution in [0.2, 0.25) is 0 Å². The van der Waals surface area contributed by atoms with E-state index in [0.717, 1.165) is 72.4 Å². The van der Waals surface area contributed by atoms with E-state index in [2.05, 4.69) is 91.0 Å². The summed E-state index contributed by atoms with van der Waals surface area (Å²) in [6.07, 6.45) is 6.84. The first-order valence-electron chi connectivity index (χ1n) is 20.9. The minimum atomic E-state index is 0.0615. The highest BCUT2D eigenvalue weighted by atomic mass is 16.3. The fourth-order valence-electron chi connectivity index (χ4n) is 12.8. The second-order valence-corrected chi connectivity index (χ2v) is 17.5. The van der Waals surface area contributed by atoms with Gasteiger partial charge in [-0.3, -0.25) is 0 Å². The molecule has 0 amide bonds. The first kappa shape index (κ1) is 31.5. The van der Waals surface area contributed by atoms with E-state index < -0.39 is 0 Å². The largest absolute Gasteiger partial charge is 0.456 e. The van der Waals surface area contributed by atoms with Crippen LogP contribution in [0.5, 0.6) is 0 Å². The van der Waals surface area contributed by atoms with Gasteiger partial charge in [0.15, 0.2) is 17.5 Å². The molecule has 0 aliphatic heterocycles. The second kappa shape index (κ2) is 11.3. The number of hydrogen-bond acceptors (Lipinski definition) is 5. The van der Waals surface area contributed by atoms with Crippen LogP contribution in [0.3, 0.4) is 0 Å². The molecule has 0 unspecified atom stereocenters. The summed E-state index contributed by atoms with van der Waals surface area (Å²) in [4.78, 5) is 16.1. The number of rotatable bonds is 3. The summed E-state index contributed by atoms with van der Waals surface area (Å²) in [7, 11) is 0. The lowest BCUT2D eigenvalue weighted by Gasteiger charge is -2.61. The van der Waals surface area contributed by atoms with Crippen LogP contribution in [0.25, 0.3) is 99.9 Å². The third kappa shape index (κ3) is 4.08. The lowest BCUT2D eigenvalue weighted by atomic mass is 9.43. The number of aromatic nitrogens is 3. The summed E-state index contributed by atoms with van der Waals surface area (Å²) in [5.74, 6) is 5.03. The van der Waals surface area contributed by atoms with Gasteiger partial charge in [0.05, 0.1) is 0 Å². The Kier molecular flexibility index (Phi) is 6.13. The highest BCUT2D eigenvalue weighted by molar-refractivity contribution is 6.13. The number of nitrogens with zero attached hydrogens (tertiary/aromatic N) is 3. The second-order valence-electron chi connectivity index (χ2n) is 17.5. The molecule has 5 aliphatic rings. The smallest absolute Gasteiger partial charge is 0.164 e. The van der Waals surface area contributed by atoms with Crippen LogP contribution in [-0.4, -0.2) is 15.0 Å². The van der Waals surface area contributed by atoms with Crippen LogP contribution < -0.4 is 0 Å². The number of benzene rings is 7. The maximum atomic E-state index is 6.37.